The number of aromatic nitrogens is 2. The van der Waals surface area contributed by atoms with Gasteiger partial charge in [0.05, 0.1) is 29.1 Å². The monoisotopic (exact) mass is 495 g/mol. The van der Waals surface area contributed by atoms with E-state index in [2.05, 4.69) is 12.0 Å². The third-order valence-electron chi connectivity index (χ3n) is 7.41. The molecule has 35 heavy (non-hydrogen) atoms. The van der Waals surface area contributed by atoms with E-state index in [1.165, 1.54) is 27.6 Å². The van der Waals surface area contributed by atoms with Crippen molar-refractivity contribution in [3.8, 4) is 5.69 Å². The molecule has 1 N–H and O–H groups in total. The maximum absolute atomic E-state index is 13.5. The van der Waals surface area contributed by atoms with Crippen LogP contribution in [0, 0.1) is 18.7 Å². The minimum Gasteiger partial charge on any atom is -0.395 e. The Kier molecular flexibility index (Phi) is 6.38. The van der Waals surface area contributed by atoms with Crippen LogP contribution in [-0.4, -0.2) is 47.3 Å². The predicted octanol–water partition coefficient (Wildman–Crippen LogP) is 4.37. The van der Waals surface area contributed by atoms with Gasteiger partial charge in [-0.2, -0.15) is 9.40 Å². The first-order valence-electron chi connectivity index (χ1n) is 12.0. The fourth-order valence-corrected chi connectivity index (χ4v) is 7.43. The van der Waals surface area contributed by atoms with Crippen molar-refractivity contribution in [2.24, 2.45) is 5.92 Å². The Morgan fingerprint density at radius 2 is 1.91 bits per heavy atom. The van der Waals surface area contributed by atoms with Crippen molar-refractivity contribution in [3.05, 3.63) is 88.5 Å². The molecule has 0 aliphatic heterocycles. The SMILES string of the molecule is Cc1ccccc1S(=O)(=O)N(CCO)C[C@H]1CCC2=C1[C@@H](C)c1cnn(-c3ccc(F)cc3)c1C2. The van der Waals surface area contributed by atoms with E-state index in [0.29, 0.717) is 17.0 Å². The molecule has 1 heterocycles. The van der Waals surface area contributed by atoms with Gasteiger partial charge in [-0.3, -0.25) is 0 Å². The van der Waals surface area contributed by atoms with E-state index in [0.717, 1.165) is 36.2 Å². The van der Waals surface area contributed by atoms with Crippen molar-refractivity contribution in [2.45, 2.75) is 43.9 Å². The van der Waals surface area contributed by atoms with Gasteiger partial charge in [-0.05, 0) is 61.6 Å². The first-order chi connectivity index (χ1) is 16.8. The molecule has 8 heteroatoms. The van der Waals surface area contributed by atoms with E-state index < -0.39 is 10.0 Å². The van der Waals surface area contributed by atoms with Crippen LogP contribution in [0.25, 0.3) is 5.69 Å². The summed E-state index contributed by atoms with van der Waals surface area (Å²) in [6.07, 6.45) is 4.44. The fourth-order valence-electron chi connectivity index (χ4n) is 5.73. The van der Waals surface area contributed by atoms with Crippen LogP contribution in [0.1, 0.15) is 42.5 Å². The third-order valence-corrected chi connectivity index (χ3v) is 9.44. The zero-order valence-corrected chi connectivity index (χ0v) is 20.8. The lowest BCUT2D eigenvalue weighted by Crippen LogP contribution is -2.38. The van der Waals surface area contributed by atoms with Gasteiger partial charge in [0.15, 0.2) is 0 Å². The average Bonchev–Trinajstić information content (AvgIpc) is 3.44. The quantitative estimate of drug-likeness (QED) is 0.494. The number of allylic oxidation sites excluding steroid dienone is 1. The van der Waals surface area contributed by atoms with Gasteiger partial charge in [0, 0.05) is 31.0 Å². The summed E-state index contributed by atoms with van der Waals surface area (Å²) < 4.78 is 43.8. The number of hydrogen-bond acceptors (Lipinski definition) is 4. The van der Waals surface area contributed by atoms with Gasteiger partial charge in [0.2, 0.25) is 10.0 Å². The molecule has 5 rings (SSSR count). The third kappa shape index (κ3) is 4.24. The highest BCUT2D eigenvalue weighted by molar-refractivity contribution is 7.89. The zero-order chi connectivity index (χ0) is 24.7. The Labute approximate surface area is 205 Å². The second-order valence-corrected chi connectivity index (χ2v) is 11.4. The summed E-state index contributed by atoms with van der Waals surface area (Å²) in [6.45, 7) is 4.14. The van der Waals surface area contributed by atoms with Gasteiger partial charge < -0.3 is 5.11 Å². The number of aliphatic hydroxyl groups excluding tert-OH is 1. The smallest absolute Gasteiger partial charge is 0.243 e. The topological polar surface area (TPSA) is 75.4 Å². The molecular formula is C27H30FN3O3S. The highest BCUT2D eigenvalue weighted by Crippen LogP contribution is 2.47. The van der Waals surface area contributed by atoms with Crippen LogP contribution >= 0.6 is 0 Å². The van der Waals surface area contributed by atoms with Crippen molar-refractivity contribution in [1.29, 1.82) is 0 Å². The van der Waals surface area contributed by atoms with Crippen molar-refractivity contribution in [3.63, 3.8) is 0 Å². The summed E-state index contributed by atoms with van der Waals surface area (Å²) in [5.41, 5.74) is 6.43. The minimum absolute atomic E-state index is 0.0674. The summed E-state index contributed by atoms with van der Waals surface area (Å²) in [6, 6.07) is 13.3. The number of aliphatic hydroxyl groups is 1. The molecule has 0 amide bonds. The summed E-state index contributed by atoms with van der Waals surface area (Å²) in [5.74, 6) is -0.0693. The molecule has 0 radical (unpaired) electrons. The maximum Gasteiger partial charge on any atom is 0.243 e. The number of halogens is 1. The van der Waals surface area contributed by atoms with E-state index >= 15 is 0 Å². The molecule has 0 bridgehead atoms. The van der Waals surface area contributed by atoms with Gasteiger partial charge in [-0.15, -0.1) is 0 Å². The van der Waals surface area contributed by atoms with Crippen LogP contribution in [-0.2, 0) is 16.4 Å². The van der Waals surface area contributed by atoms with Crippen molar-refractivity contribution in [1.82, 2.24) is 14.1 Å². The van der Waals surface area contributed by atoms with Crippen LogP contribution in [0.15, 0.2) is 70.8 Å². The van der Waals surface area contributed by atoms with E-state index in [1.54, 1.807) is 37.3 Å². The summed E-state index contributed by atoms with van der Waals surface area (Å²) in [7, 11) is -3.73. The number of aryl methyl sites for hydroxylation is 1. The fraction of sp³-hybridized carbons (Fsp3) is 0.370. The van der Waals surface area contributed by atoms with Crippen molar-refractivity contribution < 1.29 is 17.9 Å². The molecule has 0 saturated heterocycles. The molecule has 3 aromatic rings. The molecule has 0 fully saturated rings. The Hall–Kier alpha value is -2.81. The second kappa shape index (κ2) is 9.33. The number of benzene rings is 2. The van der Waals surface area contributed by atoms with E-state index in [4.69, 9.17) is 0 Å². The number of hydrogen-bond donors (Lipinski definition) is 1. The summed E-state index contributed by atoms with van der Waals surface area (Å²) in [4.78, 5) is 0.292. The Balaban J connectivity index is 1.43. The number of sulfonamides is 1. The van der Waals surface area contributed by atoms with Crippen LogP contribution in [0.5, 0.6) is 0 Å². The number of rotatable bonds is 7. The summed E-state index contributed by atoms with van der Waals surface area (Å²) >= 11 is 0. The van der Waals surface area contributed by atoms with Gasteiger partial charge in [0.1, 0.15) is 5.82 Å². The standard InChI is InChI=1S/C27H30FN3O3S/c1-18-5-3-4-6-26(18)35(33,34)30(13-14-32)17-21-8-7-20-15-25-24(19(2)27(20)21)16-29-31(25)23-11-9-22(28)10-12-23/h3-6,9-12,16,19,21,32H,7-8,13-15,17H2,1-2H3/t19-,21+/m0/s1. The largest absolute Gasteiger partial charge is 0.395 e. The lowest BCUT2D eigenvalue weighted by Gasteiger charge is -2.30. The summed E-state index contributed by atoms with van der Waals surface area (Å²) in [5, 5.41) is 14.3. The Morgan fingerprint density at radius 1 is 1.17 bits per heavy atom. The van der Waals surface area contributed by atoms with E-state index in [-0.39, 0.29) is 30.8 Å². The molecule has 184 valence electrons. The molecule has 2 aliphatic rings. The Morgan fingerprint density at radius 3 is 2.63 bits per heavy atom. The highest BCUT2D eigenvalue weighted by atomic mass is 32.2. The molecule has 2 aromatic carbocycles. The van der Waals surface area contributed by atoms with E-state index in [9.17, 15) is 17.9 Å². The molecule has 1 aromatic heterocycles. The van der Waals surface area contributed by atoms with Gasteiger partial charge in [-0.1, -0.05) is 36.3 Å². The molecule has 2 aliphatic carbocycles. The number of fused-ring (bicyclic) bond motifs is 1. The van der Waals surface area contributed by atoms with Crippen LogP contribution in [0.4, 0.5) is 4.39 Å². The molecule has 6 nitrogen and oxygen atoms in total. The van der Waals surface area contributed by atoms with Crippen LogP contribution in [0.3, 0.4) is 0 Å². The van der Waals surface area contributed by atoms with Crippen molar-refractivity contribution in [2.75, 3.05) is 19.7 Å². The number of nitrogens with zero attached hydrogens (tertiary/aromatic N) is 3. The lowest BCUT2D eigenvalue weighted by atomic mass is 9.80. The Bertz CT molecular complexity index is 1380. The first-order valence-corrected chi connectivity index (χ1v) is 13.5. The van der Waals surface area contributed by atoms with Crippen molar-refractivity contribution >= 4 is 10.0 Å². The second-order valence-electron chi connectivity index (χ2n) is 9.48. The average molecular weight is 496 g/mol. The normalized spacial score (nSPS) is 19.8. The van der Waals surface area contributed by atoms with Gasteiger partial charge >= 0.3 is 0 Å². The molecular weight excluding hydrogens is 465 g/mol. The molecule has 0 saturated carbocycles. The van der Waals surface area contributed by atoms with Gasteiger partial charge in [0.25, 0.3) is 0 Å². The first kappa shape index (κ1) is 23.9. The molecule has 0 unspecified atom stereocenters. The van der Waals surface area contributed by atoms with Crippen LogP contribution < -0.4 is 0 Å². The maximum atomic E-state index is 13.5. The molecule has 2 atom stereocenters. The highest BCUT2D eigenvalue weighted by Gasteiger charge is 2.38. The van der Waals surface area contributed by atoms with Crippen LogP contribution in [0.2, 0.25) is 0 Å². The molecule has 0 spiro atoms. The minimum atomic E-state index is -3.73. The zero-order valence-electron chi connectivity index (χ0n) is 20.0. The van der Waals surface area contributed by atoms with E-state index in [1.807, 2.05) is 16.9 Å². The lowest BCUT2D eigenvalue weighted by molar-refractivity contribution is 0.243. The predicted molar refractivity (Wildman–Crippen MR) is 132 cm³/mol. The van der Waals surface area contributed by atoms with Gasteiger partial charge in [-0.25, -0.2) is 17.5 Å².